The molecule has 1 saturated heterocycles. The number of carbonyl (C=O) groups excluding carboxylic acids is 1. The number of hydrazine groups is 1. The van der Waals surface area contributed by atoms with Gasteiger partial charge in [0.1, 0.15) is 11.8 Å². The molecule has 1 aromatic carbocycles. The van der Waals surface area contributed by atoms with Crippen LogP contribution in [-0.4, -0.2) is 39.6 Å². The Hall–Kier alpha value is -1.71. The van der Waals surface area contributed by atoms with Crippen molar-refractivity contribution in [3.05, 3.63) is 39.9 Å². The van der Waals surface area contributed by atoms with E-state index in [0.29, 0.717) is 15.6 Å². The molecule has 0 aromatic heterocycles. The predicted octanol–water partition coefficient (Wildman–Crippen LogP) is 1.38. The van der Waals surface area contributed by atoms with E-state index in [-0.39, 0.29) is 11.7 Å². The molecular weight excluding hydrogens is 314 g/mol. The van der Waals surface area contributed by atoms with Gasteiger partial charge in [-0.1, -0.05) is 42.2 Å². The molecule has 1 fully saturated rings. The summed E-state index contributed by atoms with van der Waals surface area (Å²) in [7, 11) is 1.49. The fourth-order valence-corrected chi connectivity index (χ4v) is 2.94. The smallest absolute Gasteiger partial charge is 0.253 e. The number of benzene rings is 1. The van der Waals surface area contributed by atoms with Crippen molar-refractivity contribution in [2.45, 2.75) is 6.04 Å². The number of para-hydroxylation sites is 1. The Morgan fingerprint density at radius 3 is 2.86 bits per heavy atom. The molecule has 1 N–H and O–H groups in total. The lowest BCUT2D eigenvalue weighted by Gasteiger charge is -2.23. The number of hydrogen-bond acceptors (Lipinski definition) is 7. The van der Waals surface area contributed by atoms with Crippen LogP contribution in [0.15, 0.2) is 24.3 Å². The summed E-state index contributed by atoms with van der Waals surface area (Å²) in [5.41, 5.74) is 3.44. The number of rotatable bonds is 6. The van der Waals surface area contributed by atoms with Gasteiger partial charge >= 0.3 is 0 Å². The Balaban J connectivity index is 2.28. The zero-order valence-corrected chi connectivity index (χ0v) is 12.8. The van der Waals surface area contributed by atoms with E-state index in [2.05, 4.69) is 5.43 Å². The van der Waals surface area contributed by atoms with Crippen molar-refractivity contribution in [3.8, 4) is 5.75 Å². The summed E-state index contributed by atoms with van der Waals surface area (Å²) < 4.78 is 5.59. The van der Waals surface area contributed by atoms with Gasteiger partial charge < -0.3 is 4.74 Å². The van der Waals surface area contributed by atoms with Gasteiger partial charge in [-0.05, 0) is 6.07 Å². The molecule has 0 aliphatic carbocycles. The summed E-state index contributed by atoms with van der Waals surface area (Å²) in [5.74, 6) is 0.540. The van der Waals surface area contributed by atoms with Gasteiger partial charge in [-0.15, -0.1) is 0 Å². The molecule has 21 heavy (non-hydrogen) atoms. The minimum absolute atomic E-state index is 0.215. The van der Waals surface area contributed by atoms with Crippen molar-refractivity contribution in [1.29, 1.82) is 0 Å². The summed E-state index contributed by atoms with van der Waals surface area (Å²) in [6.45, 7) is -0.391. The van der Waals surface area contributed by atoms with Crippen LogP contribution in [0.3, 0.4) is 0 Å². The van der Waals surface area contributed by atoms with Gasteiger partial charge in [0.05, 0.1) is 12.9 Å². The number of nitrogens with zero attached hydrogens (tertiary/aromatic N) is 2. The van der Waals surface area contributed by atoms with Crippen LogP contribution in [0.25, 0.3) is 0 Å². The highest BCUT2D eigenvalue weighted by molar-refractivity contribution is 8.23. The molecular formula is C12H13N3O4S2. The highest BCUT2D eigenvalue weighted by Gasteiger charge is 2.32. The first-order valence-electron chi connectivity index (χ1n) is 6.03. The van der Waals surface area contributed by atoms with Gasteiger partial charge in [0.25, 0.3) is 5.91 Å². The van der Waals surface area contributed by atoms with Crippen LogP contribution in [0, 0.1) is 10.1 Å². The maximum atomic E-state index is 11.7. The summed E-state index contributed by atoms with van der Waals surface area (Å²) in [5, 5.41) is 12.1. The van der Waals surface area contributed by atoms with E-state index >= 15 is 0 Å². The summed E-state index contributed by atoms with van der Waals surface area (Å²) in [4.78, 5) is 22.2. The monoisotopic (exact) mass is 327 g/mol. The molecule has 1 unspecified atom stereocenters. The summed E-state index contributed by atoms with van der Waals surface area (Å²) in [6, 6.07) is 6.24. The minimum atomic E-state index is -0.711. The first-order chi connectivity index (χ1) is 10.0. The number of nitrogens with one attached hydrogen (secondary N) is 1. The Kier molecular flexibility index (Phi) is 5.10. The first-order valence-corrected chi connectivity index (χ1v) is 7.43. The van der Waals surface area contributed by atoms with Crippen LogP contribution >= 0.6 is 24.0 Å². The molecule has 0 radical (unpaired) electrons. The van der Waals surface area contributed by atoms with Crippen molar-refractivity contribution in [2.75, 3.05) is 19.4 Å². The first kappa shape index (κ1) is 15.7. The average molecular weight is 327 g/mol. The second kappa shape index (κ2) is 6.83. The fourth-order valence-electron chi connectivity index (χ4n) is 1.95. The number of ether oxygens (including phenoxy) is 1. The van der Waals surface area contributed by atoms with Gasteiger partial charge in [0.2, 0.25) is 6.54 Å². The molecule has 1 aliphatic rings. The van der Waals surface area contributed by atoms with Crippen LogP contribution < -0.4 is 10.2 Å². The number of hydrogen-bond donors (Lipinski definition) is 1. The molecule has 0 saturated carbocycles. The molecule has 7 nitrogen and oxygen atoms in total. The number of nitro groups is 1. The molecule has 1 amide bonds. The quantitative estimate of drug-likeness (QED) is 0.480. The zero-order chi connectivity index (χ0) is 15.4. The number of thiocarbonyl (C=S) groups is 1. The summed E-state index contributed by atoms with van der Waals surface area (Å²) >= 11 is 6.29. The second-order valence-corrected chi connectivity index (χ2v) is 5.83. The van der Waals surface area contributed by atoms with Crippen molar-refractivity contribution < 1.29 is 14.5 Å². The van der Waals surface area contributed by atoms with Crippen molar-refractivity contribution >= 4 is 34.2 Å². The zero-order valence-electron chi connectivity index (χ0n) is 11.1. The van der Waals surface area contributed by atoms with Crippen LogP contribution in [0.5, 0.6) is 5.75 Å². The Bertz CT molecular complexity index is 565. The highest BCUT2D eigenvalue weighted by atomic mass is 32.2. The molecule has 9 heteroatoms. The third-order valence-electron chi connectivity index (χ3n) is 2.88. The minimum Gasteiger partial charge on any atom is -0.496 e. The lowest BCUT2D eigenvalue weighted by atomic mass is 10.1. The van der Waals surface area contributed by atoms with Crippen LogP contribution in [0.4, 0.5) is 0 Å². The molecule has 2 rings (SSSR count). The van der Waals surface area contributed by atoms with E-state index in [1.54, 1.807) is 24.3 Å². The Morgan fingerprint density at radius 2 is 2.29 bits per heavy atom. The maximum absolute atomic E-state index is 11.7. The van der Waals surface area contributed by atoms with Gasteiger partial charge in [0, 0.05) is 10.5 Å². The van der Waals surface area contributed by atoms with Crippen molar-refractivity contribution in [2.24, 2.45) is 0 Å². The SMILES string of the molecule is COc1ccccc1C(C[N+](=O)[O-])NN1C(=O)CSC1=S. The van der Waals surface area contributed by atoms with E-state index < -0.39 is 17.5 Å². The molecule has 112 valence electrons. The molecule has 0 bridgehead atoms. The fraction of sp³-hybridized carbons (Fsp3) is 0.333. The summed E-state index contributed by atoms with van der Waals surface area (Å²) in [6.07, 6.45) is 0. The van der Waals surface area contributed by atoms with Crippen LogP contribution in [-0.2, 0) is 4.79 Å². The van der Waals surface area contributed by atoms with E-state index in [0.717, 1.165) is 0 Å². The Labute approximate surface area is 130 Å². The lowest BCUT2D eigenvalue weighted by molar-refractivity contribution is -0.485. The highest BCUT2D eigenvalue weighted by Crippen LogP contribution is 2.27. The lowest BCUT2D eigenvalue weighted by Crippen LogP contribution is -2.45. The molecule has 1 aromatic rings. The topological polar surface area (TPSA) is 84.7 Å². The largest absolute Gasteiger partial charge is 0.496 e. The van der Waals surface area contributed by atoms with Gasteiger partial charge in [-0.25, -0.2) is 10.4 Å². The van der Waals surface area contributed by atoms with Crippen LogP contribution in [0.1, 0.15) is 11.6 Å². The van der Waals surface area contributed by atoms with Gasteiger partial charge in [-0.3, -0.25) is 14.9 Å². The molecule has 1 atom stereocenters. The van der Waals surface area contributed by atoms with E-state index in [1.807, 2.05) is 0 Å². The normalized spacial score (nSPS) is 16.1. The number of amides is 1. The van der Waals surface area contributed by atoms with Crippen molar-refractivity contribution in [1.82, 2.24) is 10.4 Å². The molecule has 1 aliphatic heterocycles. The standard InChI is InChI=1S/C12H13N3O4S2/c1-19-10-5-3-2-4-8(10)9(6-14(17)18)13-15-11(16)7-21-12(15)20/h2-5,9,13H,6-7H2,1H3. The molecule has 1 heterocycles. The van der Waals surface area contributed by atoms with Crippen LogP contribution in [0.2, 0.25) is 0 Å². The molecule has 0 spiro atoms. The Morgan fingerprint density at radius 1 is 1.57 bits per heavy atom. The third-order valence-corrected chi connectivity index (χ3v) is 4.24. The van der Waals surface area contributed by atoms with Gasteiger partial charge in [0.15, 0.2) is 4.32 Å². The average Bonchev–Trinajstić information content (AvgIpc) is 2.77. The predicted molar refractivity (Wildman–Crippen MR) is 82.6 cm³/mol. The number of carbonyl (C=O) groups is 1. The number of thioether (sulfide) groups is 1. The van der Waals surface area contributed by atoms with Crippen molar-refractivity contribution in [3.63, 3.8) is 0 Å². The van der Waals surface area contributed by atoms with Gasteiger partial charge in [-0.2, -0.15) is 0 Å². The third kappa shape index (κ3) is 3.69. The maximum Gasteiger partial charge on any atom is 0.253 e. The van der Waals surface area contributed by atoms with E-state index in [4.69, 9.17) is 17.0 Å². The van der Waals surface area contributed by atoms with E-state index in [9.17, 15) is 14.9 Å². The van der Waals surface area contributed by atoms with E-state index in [1.165, 1.54) is 23.9 Å². The number of methoxy groups -OCH3 is 1. The second-order valence-electron chi connectivity index (χ2n) is 4.22.